The Morgan fingerprint density at radius 3 is 2.88 bits per heavy atom. The van der Waals surface area contributed by atoms with Crippen LogP contribution in [0, 0.1) is 11.7 Å². The van der Waals surface area contributed by atoms with Crippen molar-refractivity contribution in [2.45, 2.75) is 19.3 Å². The number of fused-ring (bicyclic) bond motifs is 1. The largest absolute Gasteiger partial charge is 0.339 e. The van der Waals surface area contributed by atoms with Crippen molar-refractivity contribution in [3.05, 3.63) is 82.2 Å². The monoisotopic (exact) mass is 432 g/mol. The highest BCUT2D eigenvalue weighted by atomic mass is 19.1. The summed E-state index contributed by atoms with van der Waals surface area (Å²) in [6.07, 6.45) is 2.25. The van der Waals surface area contributed by atoms with Crippen LogP contribution in [0.15, 0.2) is 63.9 Å². The van der Waals surface area contributed by atoms with Crippen molar-refractivity contribution < 1.29 is 13.7 Å². The van der Waals surface area contributed by atoms with Crippen LogP contribution < -0.4 is 5.56 Å². The van der Waals surface area contributed by atoms with Gasteiger partial charge in [-0.2, -0.15) is 4.98 Å². The molecule has 162 valence electrons. The van der Waals surface area contributed by atoms with Gasteiger partial charge in [0, 0.05) is 36.5 Å². The number of amides is 1. The molecular weight excluding hydrogens is 411 g/mol. The highest BCUT2D eigenvalue weighted by Crippen LogP contribution is 2.25. The first kappa shape index (κ1) is 20.1. The summed E-state index contributed by atoms with van der Waals surface area (Å²) in [7, 11) is 0. The van der Waals surface area contributed by atoms with Gasteiger partial charge in [0.2, 0.25) is 17.3 Å². The molecule has 1 N–H and O–H groups in total. The molecule has 4 aromatic rings. The van der Waals surface area contributed by atoms with Crippen molar-refractivity contribution in [3.8, 4) is 11.4 Å². The third-order valence-electron chi connectivity index (χ3n) is 5.83. The molecule has 1 saturated heterocycles. The van der Waals surface area contributed by atoms with Gasteiger partial charge in [-0.1, -0.05) is 35.5 Å². The predicted molar refractivity (Wildman–Crippen MR) is 117 cm³/mol. The van der Waals surface area contributed by atoms with Crippen LogP contribution in [0.4, 0.5) is 4.39 Å². The van der Waals surface area contributed by atoms with Crippen LogP contribution in [0.1, 0.15) is 29.1 Å². The Morgan fingerprint density at radius 2 is 2.00 bits per heavy atom. The Kier molecular flexibility index (Phi) is 5.26. The molecule has 1 amide bonds. The van der Waals surface area contributed by atoms with E-state index in [1.54, 1.807) is 29.2 Å². The van der Waals surface area contributed by atoms with E-state index in [0.717, 1.165) is 18.2 Å². The maximum Gasteiger partial charge on any atom is 0.254 e. The standard InChI is InChI=1S/C24H21FN4O3/c25-19-9-3-1-8-17(19)23-27-22(32-28-23)12-15-6-5-11-29(14-15)24(31)18-13-21(30)26-20-10-4-2-7-16(18)20/h1-4,7-10,13,15H,5-6,11-12,14H2,(H,26,30). The fourth-order valence-corrected chi connectivity index (χ4v) is 4.30. The zero-order valence-electron chi connectivity index (χ0n) is 17.3. The molecule has 0 aliphatic carbocycles. The summed E-state index contributed by atoms with van der Waals surface area (Å²) in [5.41, 5.74) is 1.05. The molecule has 0 radical (unpaired) electrons. The number of benzene rings is 2. The number of carbonyl (C=O) groups excluding carboxylic acids is 1. The van der Waals surface area contributed by atoms with E-state index < -0.39 is 5.82 Å². The van der Waals surface area contributed by atoms with Gasteiger partial charge in [0.15, 0.2) is 0 Å². The molecular formula is C24H21FN4O3. The minimum absolute atomic E-state index is 0.134. The second-order valence-corrected chi connectivity index (χ2v) is 8.05. The Balaban J connectivity index is 1.33. The number of hydrogen-bond donors (Lipinski definition) is 1. The Hall–Kier alpha value is -3.81. The zero-order valence-corrected chi connectivity index (χ0v) is 17.3. The van der Waals surface area contributed by atoms with Gasteiger partial charge in [0.1, 0.15) is 5.82 Å². The van der Waals surface area contributed by atoms with Crippen LogP contribution in [0.3, 0.4) is 0 Å². The van der Waals surface area contributed by atoms with E-state index in [4.69, 9.17) is 4.52 Å². The highest BCUT2D eigenvalue weighted by molar-refractivity contribution is 6.05. The number of aromatic nitrogens is 3. The average molecular weight is 432 g/mol. The number of nitrogens with one attached hydrogen (secondary N) is 1. The van der Waals surface area contributed by atoms with Gasteiger partial charge in [0.25, 0.3) is 5.91 Å². The third-order valence-corrected chi connectivity index (χ3v) is 5.83. The van der Waals surface area contributed by atoms with E-state index in [2.05, 4.69) is 15.1 Å². The maximum atomic E-state index is 14.0. The van der Waals surface area contributed by atoms with E-state index in [9.17, 15) is 14.0 Å². The first-order valence-electron chi connectivity index (χ1n) is 10.6. The first-order chi connectivity index (χ1) is 15.6. The SMILES string of the molecule is O=C(c1cc(=O)[nH]c2ccccc12)N1CCCC(Cc2nc(-c3ccccc3F)no2)C1. The van der Waals surface area contributed by atoms with Crippen LogP contribution in [0.5, 0.6) is 0 Å². The normalized spacial score (nSPS) is 16.4. The van der Waals surface area contributed by atoms with Crippen LogP contribution in [-0.2, 0) is 6.42 Å². The summed E-state index contributed by atoms with van der Waals surface area (Å²) in [5.74, 6) is 0.213. The summed E-state index contributed by atoms with van der Waals surface area (Å²) in [6.45, 7) is 1.15. The number of piperidine rings is 1. The molecule has 0 spiro atoms. The second kappa shape index (κ2) is 8.37. The molecule has 32 heavy (non-hydrogen) atoms. The smallest absolute Gasteiger partial charge is 0.254 e. The molecule has 7 nitrogen and oxygen atoms in total. The molecule has 3 heterocycles. The van der Waals surface area contributed by atoms with Crippen molar-refractivity contribution in [2.75, 3.05) is 13.1 Å². The van der Waals surface area contributed by atoms with Crippen LogP contribution >= 0.6 is 0 Å². The molecule has 1 aliphatic rings. The minimum Gasteiger partial charge on any atom is -0.339 e. The predicted octanol–water partition coefficient (Wildman–Crippen LogP) is 3.81. The van der Waals surface area contributed by atoms with Crippen molar-refractivity contribution in [2.24, 2.45) is 5.92 Å². The van der Waals surface area contributed by atoms with Crippen LogP contribution in [-0.4, -0.2) is 39.0 Å². The van der Waals surface area contributed by atoms with Crippen LogP contribution in [0.2, 0.25) is 0 Å². The van der Waals surface area contributed by atoms with Gasteiger partial charge in [-0.15, -0.1) is 0 Å². The summed E-state index contributed by atoms with van der Waals surface area (Å²) >= 11 is 0. The average Bonchev–Trinajstić information content (AvgIpc) is 3.26. The van der Waals surface area contributed by atoms with E-state index in [1.165, 1.54) is 12.1 Å². The number of para-hydroxylation sites is 1. The number of likely N-dealkylation sites (tertiary alicyclic amines) is 1. The van der Waals surface area contributed by atoms with Gasteiger partial charge >= 0.3 is 0 Å². The Morgan fingerprint density at radius 1 is 1.19 bits per heavy atom. The van der Waals surface area contributed by atoms with E-state index in [1.807, 2.05) is 18.2 Å². The molecule has 1 aliphatic heterocycles. The molecule has 2 aromatic heterocycles. The topological polar surface area (TPSA) is 92.1 Å². The number of hydrogen-bond acceptors (Lipinski definition) is 5. The van der Waals surface area contributed by atoms with Crippen molar-refractivity contribution >= 4 is 16.8 Å². The Labute approximate surface area is 182 Å². The van der Waals surface area contributed by atoms with E-state index >= 15 is 0 Å². The lowest BCUT2D eigenvalue weighted by molar-refractivity contribution is 0.0670. The molecule has 1 atom stereocenters. The quantitative estimate of drug-likeness (QED) is 0.529. The molecule has 2 aromatic carbocycles. The molecule has 1 fully saturated rings. The summed E-state index contributed by atoms with van der Waals surface area (Å²) in [6, 6.07) is 15.0. The summed E-state index contributed by atoms with van der Waals surface area (Å²) < 4.78 is 19.3. The lowest BCUT2D eigenvalue weighted by Crippen LogP contribution is -2.41. The molecule has 0 bridgehead atoms. The van der Waals surface area contributed by atoms with Crippen molar-refractivity contribution in [1.82, 2.24) is 20.0 Å². The highest BCUT2D eigenvalue weighted by Gasteiger charge is 2.27. The van der Waals surface area contributed by atoms with E-state index in [0.29, 0.717) is 42.0 Å². The molecule has 0 saturated carbocycles. The zero-order chi connectivity index (χ0) is 22.1. The first-order valence-corrected chi connectivity index (χ1v) is 10.6. The summed E-state index contributed by atoms with van der Waals surface area (Å²) in [4.78, 5) is 34.2. The fraction of sp³-hybridized carbons (Fsp3) is 0.250. The molecule has 8 heteroatoms. The number of rotatable bonds is 4. The number of aromatic amines is 1. The number of nitrogens with zero attached hydrogens (tertiary/aromatic N) is 3. The molecule has 1 unspecified atom stereocenters. The third kappa shape index (κ3) is 3.91. The van der Waals surface area contributed by atoms with Crippen LogP contribution in [0.25, 0.3) is 22.3 Å². The Bertz CT molecular complexity index is 1350. The number of carbonyl (C=O) groups is 1. The van der Waals surface area contributed by atoms with Gasteiger partial charge in [0.05, 0.1) is 11.1 Å². The maximum absolute atomic E-state index is 14.0. The van der Waals surface area contributed by atoms with Crippen molar-refractivity contribution in [1.29, 1.82) is 0 Å². The van der Waals surface area contributed by atoms with Gasteiger partial charge in [-0.25, -0.2) is 4.39 Å². The van der Waals surface area contributed by atoms with Crippen molar-refractivity contribution in [3.63, 3.8) is 0 Å². The van der Waals surface area contributed by atoms with Gasteiger partial charge in [-0.3, -0.25) is 9.59 Å². The number of H-pyrrole nitrogens is 1. The fourth-order valence-electron chi connectivity index (χ4n) is 4.30. The van der Waals surface area contributed by atoms with Gasteiger partial charge in [-0.05, 0) is 37.0 Å². The van der Waals surface area contributed by atoms with Gasteiger partial charge < -0.3 is 14.4 Å². The number of halogens is 1. The minimum atomic E-state index is -0.403. The van der Waals surface area contributed by atoms with E-state index in [-0.39, 0.29) is 23.2 Å². The summed E-state index contributed by atoms with van der Waals surface area (Å²) in [5, 5.41) is 4.64. The lowest BCUT2D eigenvalue weighted by atomic mass is 9.94. The second-order valence-electron chi connectivity index (χ2n) is 8.05. The lowest BCUT2D eigenvalue weighted by Gasteiger charge is -2.32. The number of pyridine rings is 1. The molecule has 5 rings (SSSR count).